The van der Waals surface area contributed by atoms with Crippen molar-refractivity contribution in [2.75, 3.05) is 11.9 Å². The summed E-state index contributed by atoms with van der Waals surface area (Å²) >= 11 is 0. The summed E-state index contributed by atoms with van der Waals surface area (Å²) in [7, 11) is 0. The Kier molecular flexibility index (Phi) is 4.55. The van der Waals surface area contributed by atoms with Crippen molar-refractivity contribution in [3.63, 3.8) is 0 Å². The molecule has 0 saturated carbocycles. The van der Waals surface area contributed by atoms with E-state index in [2.05, 4.69) is 5.32 Å². The lowest BCUT2D eigenvalue weighted by atomic mass is 10.2. The fourth-order valence-corrected chi connectivity index (χ4v) is 1.82. The summed E-state index contributed by atoms with van der Waals surface area (Å²) < 4.78 is 5.36. The number of hydrogen-bond acceptors (Lipinski definition) is 4. The molecule has 5 nitrogen and oxygen atoms in total. The van der Waals surface area contributed by atoms with Gasteiger partial charge in [0.1, 0.15) is 5.75 Å². The van der Waals surface area contributed by atoms with Crippen LogP contribution >= 0.6 is 0 Å². The first kappa shape index (κ1) is 13.9. The zero-order valence-electron chi connectivity index (χ0n) is 11.2. The fraction of sp³-hybridized carbons (Fsp3) is 0.200. The first-order chi connectivity index (χ1) is 9.69. The summed E-state index contributed by atoms with van der Waals surface area (Å²) in [4.78, 5) is 10.3. The van der Waals surface area contributed by atoms with E-state index >= 15 is 0 Å². The normalized spacial score (nSPS) is 10.1. The highest BCUT2D eigenvalue weighted by Crippen LogP contribution is 2.18. The quantitative estimate of drug-likeness (QED) is 0.644. The second kappa shape index (κ2) is 6.56. The van der Waals surface area contributed by atoms with Crippen molar-refractivity contribution in [1.29, 1.82) is 0 Å². The molecule has 0 bridgehead atoms. The number of anilines is 1. The Morgan fingerprint density at radius 1 is 1.20 bits per heavy atom. The molecule has 0 saturated heterocycles. The standard InChI is InChI=1S/C15H16N2O3/c1-2-20-15-8-6-13(7-9-15)16-11-12-4-3-5-14(10-12)17(18)19/h3-10,16H,2,11H2,1H3. The Hall–Kier alpha value is -2.56. The molecule has 0 aliphatic carbocycles. The number of nitro benzene ring substituents is 1. The Morgan fingerprint density at radius 3 is 2.60 bits per heavy atom. The van der Waals surface area contributed by atoms with Gasteiger partial charge in [-0.1, -0.05) is 12.1 Å². The molecule has 1 N–H and O–H groups in total. The second-order valence-corrected chi connectivity index (χ2v) is 4.24. The maximum absolute atomic E-state index is 10.7. The SMILES string of the molecule is CCOc1ccc(NCc2cccc([N+](=O)[O-])c2)cc1. The molecule has 0 aliphatic heterocycles. The average molecular weight is 272 g/mol. The van der Waals surface area contributed by atoms with E-state index in [1.54, 1.807) is 12.1 Å². The molecule has 0 radical (unpaired) electrons. The first-order valence-corrected chi connectivity index (χ1v) is 6.39. The number of non-ortho nitro benzene ring substituents is 1. The van der Waals surface area contributed by atoms with Crippen LogP contribution in [0.1, 0.15) is 12.5 Å². The van der Waals surface area contributed by atoms with Crippen LogP contribution in [-0.4, -0.2) is 11.5 Å². The third kappa shape index (κ3) is 3.71. The molecule has 20 heavy (non-hydrogen) atoms. The van der Waals surface area contributed by atoms with E-state index in [0.717, 1.165) is 17.0 Å². The highest BCUT2D eigenvalue weighted by Gasteiger charge is 2.05. The number of nitrogens with one attached hydrogen (secondary N) is 1. The van der Waals surface area contributed by atoms with Gasteiger partial charge in [0.25, 0.3) is 5.69 Å². The topological polar surface area (TPSA) is 64.4 Å². The minimum absolute atomic E-state index is 0.107. The van der Waals surface area contributed by atoms with Gasteiger partial charge in [-0.05, 0) is 36.8 Å². The van der Waals surface area contributed by atoms with Crippen molar-refractivity contribution in [2.45, 2.75) is 13.5 Å². The molecule has 0 atom stereocenters. The van der Waals surface area contributed by atoms with Gasteiger partial charge in [-0.3, -0.25) is 10.1 Å². The molecule has 0 heterocycles. The summed E-state index contributed by atoms with van der Waals surface area (Å²) in [5, 5.41) is 13.9. The van der Waals surface area contributed by atoms with Gasteiger partial charge in [0.2, 0.25) is 0 Å². The van der Waals surface area contributed by atoms with Crippen LogP contribution in [0.3, 0.4) is 0 Å². The van der Waals surface area contributed by atoms with Gasteiger partial charge in [-0.25, -0.2) is 0 Å². The summed E-state index contributed by atoms with van der Waals surface area (Å²) in [6.45, 7) is 3.12. The second-order valence-electron chi connectivity index (χ2n) is 4.24. The van der Waals surface area contributed by atoms with Gasteiger partial charge in [-0.15, -0.1) is 0 Å². The molecule has 0 aromatic heterocycles. The highest BCUT2D eigenvalue weighted by molar-refractivity contribution is 5.47. The van der Waals surface area contributed by atoms with Gasteiger partial charge in [0.05, 0.1) is 11.5 Å². The number of benzene rings is 2. The average Bonchev–Trinajstić information content (AvgIpc) is 2.47. The van der Waals surface area contributed by atoms with Gasteiger partial charge in [-0.2, -0.15) is 0 Å². The summed E-state index contributed by atoms with van der Waals surface area (Å²) in [6, 6.07) is 14.2. The maximum atomic E-state index is 10.7. The molecular formula is C15H16N2O3. The lowest BCUT2D eigenvalue weighted by Crippen LogP contribution is -2.00. The monoisotopic (exact) mass is 272 g/mol. The zero-order valence-corrected chi connectivity index (χ0v) is 11.2. The van der Waals surface area contributed by atoms with E-state index in [-0.39, 0.29) is 10.6 Å². The summed E-state index contributed by atoms with van der Waals surface area (Å²) in [5.74, 6) is 0.827. The molecule has 5 heteroatoms. The molecular weight excluding hydrogens is 256 g/mol. The van der Waals surface area contributed by atoms with Crippen LogP contribution in [0.5, 0.6) is 5.75 Å². The number of ether oxygens (including phenoxy) is 1. The van der Waals surface area contributed by atoms with E-state index in [4.69, 9.17) is 4.74 Å². The molecule has 2 aromatic carbocycles. The number of nitro groups is 1. The van der Waals surface area contributed by atoms with Crippen LogP contribution in [-0.2, 0) is 6.54 Å². The summed E-state index contributed by atoms with van der Waals surface area (Å²) in [5.41, 5.74) is 1.92. The van der Waals surface area contributed by atoms with Crippen molar-refractivity contribution >= 4 is 11.4 Å². The predicted molar refractivity (Wildman–Crippen MR) is 78.0 cm³/mol. The smallest absolute Gasteiger partial charge is 0.269 e. The minimum Gasteiger partial charge on any atom is -0.494 e. The van der Waals surface area contributed by atoms with Gasteiger partial charge >= 0.3 is 0 Å². The largest absolute Gasteiger partial charge is 0.494 e. The lowest BCUT2D eigenvalue weighted by molar-refractivity contribution is -0.384. The Labute approximate surface area is 117 Å². The molecule has 0 unspecified atom stereocenters. The van der Waals surface area contributed by atoms with Crippen LogP contribution in [0.2, 0.25) is 0 Å². The third-order valence-electron chi connectivity index (χ3n) is 2.78. The van der Waals surface area contributed by atoms with E-state index in [9.17, 15) is 10.1 Å². The van der Waals surface area contributed by atoms with Gasteiger partial charge in [0, 0.05) is 24.4 Å². The van der Waals surface area contributed by atoms with Crippen molar-refractivity contribution in [1.82, 2.24) is 0 Å². The minimum atomic E-state index is -0.389. The zero-order chi connectivity index (χ0) is 14.4. The van der Waals surface area contributed by atoms with Crippen LogP contribution in [0.4, 0.5) is 11.4 Å². The Balaban J connectivity index is 1.97. The highest BCUT2D eigenvalue weighted by atomic mass is 16.6. The van der Waals surface area contributed by atoms with Crippen LogP contribution in [0, 0.1) is 10.1 Å². The van der Waals surface area contributed by atoms with E-state index in [0.29, 0.717) is 13.2 Å². The molecule has 0 amide bonds. The molecule has 2 rings (SSSR count). The fourth-order valence-electron chi connectivity index (χ4n) is 1.82. The Morgan fingerprint density at radius 2 is 1.95 bits per heavy atom. The van der Waals surface area contributed by atoms with Gasteiger partial charge in [0.15, 0.2) is 0 Å². The van der Waals surface area contributed by atoms with Crippen molar-refractivity contribution in [3.05, 3.63) is 64.2 Å². The number of hydrogen-bond donors (Lipinski definition) is 1. The molecule has 0 fully saturated rings. The molecule has 2 aromatic rings. The van der Waals surface area contributed by atoms with Crippen molar-refractivity contribution in [2.24, 2.45) is 0 Å². The van der Waals surface area contributed by atoms with Crippen LogP contribution in [0.25, 0.3) is 0 Å². The van der Waals surface area contributed by atoms with E-state index in [1.165, 1.54) is 6.07 Å². The molecule has 0 spiro atoms. The summed E-state index contributed by atoms with van der Waals surface area (Å²) in [6.07, 6.45) is 0. The number of rotatable bonds is 6. The Bertz CT molecular complexity index is 582. The lowest BCUT2D eigenvalue weighted by Gasteiger charge is -2.08. The van der Waals surface area contributed by atoms with Crippen LogP contribution < -0.4 is 10.1 Å². The van der Waals surface area contributed by atoms with E-state index in [1.807, 2.05) is 37.3 Å². The third-order valence-corrected chi connectivity index (χ3v) is 2.78. The van der Waals surface area contributed by atoms with Crippen molar-refractivity contribution < 1.29 is 9.66 Å². The maximum Gasteiger partial charge on any atom is 0.269 e. The number of nitrogens with zero attached hydrogens (tertiary/aromatic N) is 1. The van der Waals surface area contributed by atoms with Crippen LogP contribution in [0.15, 0.2) is 48.5 Å². The molecule has 0 aliphatic rings. The van der Waals surface area contributed by atoms with E-state index < -0.39 is 0 Å². The molecule has 104 valence electrons. The van der Waals surface area contributed by atoms with Gasteiger partial charge < -0.3 is 10.1 Å². The first-order valence-electron chi connectivity index (χ1n) is 6.39. The predicted octanol–water partition coefficient (Wildman–Crippen LogP) is 3.61. The van der Waals surface area contributed by atoms with Crippen molar-refractivity contribution in [3.8, 4) is 5.75 Å².